The maximum atomic E-state index is 13.2. The zero-order valence-electron chi connectivity index (χ0n) is 34.4. The fourth-order valence-electron chi connectivity index (χ4n) is 7.53. The minimum absolute atomic E-state index is 0.135. The molecule has 7 N–H and O–H groups in total. The Bertz CT molecular complexity index is 2200. The number of likely N-dealkylation sites (tertiary alicyclic amines) is 2. The lowest BCUT2D eigenvalue weighted by atomic mass is 9.74. The molecule has 0 aromatic heterocycles. The van der Waals surface area contributed by atoms with Gasteiger partial charge in [-0.15, -0.1) is 6.58 Å². The van der Waals surface area contributed by atoms with Crippen molar-refractivity contribution in [3.8, 4) is 11.5 Å². The Hall–Kier alpha value is -5.90. The quantitative estimate of drug-likeness (QED) is 0.0811. The number of nitrogens with two attached hydrogens (primary N) is 2. The zero-order chi connectivity index (χ0) is 44.9. The molecule has 2 aliphatic heterocycles. The van der Waals surface area contributed by atoms with E-state index < -0.39 is 12.1 Å². The Labute approximate surface area is 369 Å². The molecule has 62 heavy (non-hydrogen) atoms. The first-order chi connectivity index (χ1) is 29.6. The number of amides is 6. The number of likely N-dealkylation sites (N-methyl/N-ethyl adjacent to an activating group) is 1. The van der Waals surface area contributed by atoms with Crippen LogP contribution in [0.4, 0.5) is 29.7 Å². The van der Waals surface area contributed by atoms with E-state index in [2.05, 4.69) is 22.5 Å². The third kappa shape index (κ3) is 13.6. The van der Waals surface area contributed by atoms with Crippen molar-refractivity contribution in [1.29, 1.82) is 0 Å². The summed E-state index contributed by atoms with van der Waals surface area (Å²) >= 11 is 11.9. The lowest BCUT2D eigenvalue weighted by Crippen LogP contribution is -2.55. The molecule has 0 radical (unpaired) electrons. The van der Waals surface area contributed by atoms with Gasteiger partial charge in [0.2, 0.25) is 0 Å². The summed E-state index contributed by atoms with van der Waals surface area (Å²) in [5.74, 6) is -0.185. The van der Waals surface area contributed by atoms with Crippen LogP contribution in [0.25, 0.3) is 0 Å². The molecule has 17 heteroatoms. The Kier molecular flexibility index (Phi) is 16.5. The van der Waals surface area contributed by atoms with Gasteiger partial charge in [-0.05, 0) is 123 Å². The van der Waals surface area contributed by atoms with Crippen molar-refractivity contribution in [2.24, 2.45) is 16.9 Å². The van der Waals surface area contributed by atoms with Crippen molar-refractivity contribution in [3.05, 3.63) is 130 Å². The number of piperidine rings is 2. The normalized spacial score (nSPS) is 15.3. The van der Waals surface area contributed by atoms with E-state index in [1.165, 1.54) is 36.4 Å². The largest absolute Gasteiger partial charge is 0.482 e. The summed E-state index contributed by atoms with van der Waals surface area (Å²) in [4.78, 5) is 51.2. The van der Waals surface area contributed by atoms with Crippen LogP contribution in [0, 0.1) is 17.0 Å². The van der Waals surface area contributed by atoms with Gasteiger partial charge in [-0.25, -0.2) is 18.4 Å². The third-order valence-corrected chi connectivity index (χ3v) is 11.6. The molecule has 6 rings (SSSR count). The van der Waals surface area contributed by atoms with Gasteiger partial charge >= 0.3 is 12.1 Å². The minimum Gasteiger partial charge on any atom is -0.482 e. The van der Waals surface area contributed by atoms with Crippen molar-refractivity contribution >= 4 is 58.5 Å². The number of nitrogens with zero attached hydrogens (tertiary/aromatic N) is 2. The van der Waals surface area contributed by atoms with Gasteiger partial charge in [-0.1, -0.05) is 53.5 Å². The van der Waals surface area contributed by atoms with Crippen LogP contribution >= 0.6 is 23.2 Å². The number of carbonyl (C=O) groups excluding carboxylic acids is 4. The lowest BCUT2D eigenvalue weighted by molar-refractivity contribution is -0.136. The number of urea groups is 2. The molecule has 13 nitrogen and oxygen atoms in total. The van der Waals surface area contributed by atoms with E-state index in [1.54, 1.807) is 58.3 Å². The number of ether oxygens (including phenoxy) is 2. The van der Waals surface area contributed by atoms with Gasteiger partial charge in [0.1, 0.15) is 23.1 Å². The topological polar surface area (TPSA) is 181 Å². The number of hydrogen-bond donors (Lipinski definition) is 5. The monoisotopic (exact) mass is 893 g/mol. The Morgan fingerprint density at radius 2 is 1.08 bits per heavy atom. The summed E-state index contributed by atoms with van der Waals surface area (Å²) in [5, 5.41) is 9.08. The van der Waals surface area contributed by atoms with E-state index in [4.69, 9.17) is 44.1 Å². The number of primary amides is 2. The number of allylic oxidation sites excluding steroid dienone is 1. The Morgan fingerprint density at radius 1 is 0.677 bits per heavy atom. The number of benzene rings is 4. The number of carbonyl (C=O) groups is 4. The molecule has 0 atom stereocenters. The number of rotatable bonds is 14. The van der Waals surface area contributed by atoms with Crippen LogP contribution in [0.5, 0.6) is 11.5 Å². The second kappa shape index (κ2) is 21.8. The predicted molar refractivity (Wildman–Crippen MR) is 237 cm³/mol. The van der Waals surface area contributed by atoms with Crippen LogP contribution in [-0.4, -0.2) is 85.7 Å². The van der Waals surface area contributed by atoms with Gasteiger partial charge in [-0.2, -0.15) is 0 Å². The highest BCUT2D eigenvalue weighted by atomic mass is 35.5. The van der Waals surface area contributed by atoms with Crippen molar-refractivity contribution in [2.45, 2.75) is 44.1 Å². The first kappa shape index (κ1) is 47.2. The average Bonchev–Trinajstić information content (AvgIpc) is 3.25. The number of anilines is 2. The molecule has 0 aliphatic carbocycles. The van der Waals surface area contributed by atoms with Crippen molar-refractivity contribution in [1.82, 2.24) is 15.1 Å². The van der Waals surface area contributed by atoms with Crippen molar-refractivity contribution in [3.63, 3.8) is 0 Å². The second-order valence-corrected chi connectivity index (χ2v) is 16.2. The van der Waals surface area contributed by atoms with Gasteiger partial charge in [-0.3, -0.25) is 9.59 Å². The van der Waals surface area contributed by atoms with Crippen molar-refractivity contribution < 1.29 is 37.4 Å². The molecular formula is C45H51Cl2F2N7O6. The van der Waals surface area contributed by atoms with Crippen LogP contribution in [0.1, 0.15) is 36.8 Å². The fraction of sp³-hybridized carbons (Fsp3) is 0.333. The van der Waals surface area contributed by atoms with Crippen molar-refractivity contribution in [2.75, 3.05) is 57.1 Å². The van der Waals surface area contributed by atoms with E-state index in [0.717, 1.165) is 49.7 Å². The van der Waals surface area contributed by atoms with Gasteiger partial charge in [0, 0.05) is 41.8 Å². The highest BCUT2D eigenvalue weighted by Crippen LogP contribution is 2.37. The molecular weight excluding hydrogens is 843 g/mol. The number of halogens is 4. The van der Waals surface area contributed by atoms with Gasteiger partial charge < -0.3 is 46.7 Å². The molecule has 2 saturated heterocycles. The van der Waals surface area contributed by atoms with Gasteiger partial charge in [0.15, 0.2) is 13.2 Å². The molecule has 0 spiro atoms. The van der Waals surface area contributed by atoms with E-state index in [9.17, 15) is 28.0 Å². The highest BCUT2D eigenvalue weighted by Gasteiger charge is 2.36. The minimum atomic E-state index is -0.753. The zero-order valence-corrected chi connectivity index (χ0v) is 35.9. The number of nitrogens with one attached hydrogen (secondary N) is 3. The van der Waals surface area contributed by atoms with E-state index >= 15 is 0 Å². The molecule has 4 aromatic carbocycles. The standard InChI is InChI=1S/C23H25ClFN3O3.C22H26ClFN4O3/c1-2-23(14-16-3-6-18(25)7-4-16)9-11-28(12-10-23)21(29)15-31-20-8-5-17(24)13-19(20)27-22(26)30;1-26-22(13-15-2-5-17(24)6-3-15)8-10-28(11-9-22)20(29)14-31-19-7-4-16(23)12-18(19)27-21(25)30/h2-8,13H,1,9-12,14-15H2,(H3,26,27,30);2-7,12,26H,8-11,13-14H2,1H3,(H3,25,27,30). The lowest BCUT2D eigenvalue weighted by Gasteiger charge is -2.42. The molecule has 4 aromatic rings. The van der Waals surface area contributed by atoms with Crippen LogP contribution in [-0.2, 0) is 22.4 Å². The summed E-state index contributed by atoms with van der Waals surface area (Å²) in [7, 11) is 1.91. The first-order valence-corrected chi connectivity index (χ1v) is 20.7. The predicted octanol–water partition coefficient (Wildman–Crippen LogP) is 7.56. The molecule has 2 fully saturated rings. The fourth-order valence-corrected chi connectivity index (χ4v) is 7.88. The first-order valence-electron chi connectivity index (χ1n) is 19.9. The van der Waals surface area contributed by atoms with Crippen LogP contribution in [0.3, 0.4) is 0 Å². The number of hydrogen-bond acceptors (Lipinski definition) is 7. The summed E-state index contributed by atoms with van der Waals surface area (Å²) in [6.45, 7) is 5.96. The molecule has 2 aliphatic rings. The molecule has 0 bridgehead atoms. The molecule has 6 amide bonds. The van der Waals surface area contributed by atoms with E-state index in [1.807, 2.05) is 13.1 Å². The van der Waals surface area contributed by atoms with Gasteiger partial charge in [0.05, 0.1) is 11.4 Å². The summed E-state index contributed by atoms with van der Waals surface area (Å²) in [5.41, 5.74) is 12.8. The van der Waals surface area contributed by atoms with E-state index in [0.29, 0.717) is 59.1 Å². The summed E-state index contributed by atoms with van der Waals surface area (Å²) < 4.78 is 37.6. The third-order valence-electron chi connectivity index (χ3n) is 11.2. The molecule has 2 heterocycles. The highest BCUT2D eigenvalue weighted by molar-refractivity contribution is 6.31. The Morgan fingerprint density at radius 3 is 1.47 bits per heavy atom. The van der Waals surface area contributed by atoms with Crippen LogP contribution in [0.2, 0.25) is 10.0 Å². The SMILES string of the molecule is C=CC1(Cc2ccc(F)cc2)CCN(C(=O)COc2ccc(Cl)cc2NC(N)=O)CC1.CNC1(Cc2ccc(F)cc2)CCN(C(=O)COc2ccc(Cl)cc2NC(N)=O)CC1. The molecule has 0 saturated carbocycles. The molecule has 330 valence electrons. The molecule has 0 unspecified atom stereocenters. The summed E-state index contributed by atoms with van der Waals surface area (Å²) in [6.07, 6.45) is 6.51. The van der Waals surface area contributed by atoms with Gasteiger partial charge in [0.25, 0.3) is 11.8 Å². The maximum absolute atomic E-state index is 13.2. The smallest absolute Gasteiger partial charge is 0.316 e. The maximum Gasteiger partial charge on any atom is 0.316 e. The second-order valence-electron chi connectivity index (χ2n) is 15.3. The average molecular weight is 895 g/mol. The Balaban J connectivity index is 0.000000234. The van der Waals surface area contributed by atoms with Crippen LogP contribution < -0.4 is 36.9 Å². The van der Waals surface area contributed by atoms with E-state index in [-0.39, 0.29) is 47.6 Å². The van der Waals surface area contributed by atoms with Crippen LogP contribution in [0.15, 0.2) is 97.6 Å². The summed E-state index contributed by atoms with van der Waals surface area (Å²) in [6, 6.07) is 20.9.